The van der Waals surface area contributed by atoms with Gasteiger partial charge in [0.15, 0.2) is 0 Å². The molecule has 1 N–H and O–H groups in total. The van der Waals surface area contributed by atoms with Crippen LogP contribution in [0.15, 0.2) is 48.5 Å². The summed E-state index contributed by atoms with van der Waals surface area (Å²) in [5.41, 5.74) is 4.70. The van der Waals surface area contributed by atoms with Crippen molar-refractivity contribution in [3.8, 4) is 11.5 Å². The Bertz CT molecular complexity index is 578. The Morgan fingerprint density at radius 1 is 0.789 bits per heavy atom. The van der Waals surface area contributed by atoms with Gasteiger partial charge in [-0.15, -0.1) is 0 Å². The third kappa shape index (κ3) is 2.97. The highest BCUT2D eigenvalue weighted by atomic mass is 16.5. The van der Waals surface area contributed by atoms with Gasteiger partial charge in [-0.05, 0) is 60.4 Å². The maximum Gasteiger partial charge on any atom is 0.118 e. The lowest BCUT2D eigenvalue weighted by molar-refractivity contribution is 0.415. The molecule has 0 fully saturated rings. The summed E-state index contributed by atoms with van der Waals surface area (Å²) in [4.78, 5) is 0. The van der Waals surface area contributed by atoms with E-state index in [-0.39, 0.29) is 0 Å². The molecule has 2 rings (SSSR count). The van der Waals surface area contributed by atoms with E-state index in [1.807, 2.05) is 24.3 Å². The second kappa shape index (κ2) is 5.61. The molecule has 0 amide bonds. The summed E-state index contributed by atoms with van der Waals surface area (Å²) in [6.07, 6.45) is 0. The van der Waals surface area contributed by atoms with E-state index in [2.05, 4.69) is 26.0 Å². The van der Waals surface area contributed by atoms with Gasteiger partial charge in [0.2, 0.25) is 0 Å². The van der Waals surface area contributed by atoms with Crippen LogP contribution in [0.2, 0.25) is 0 Å². The first-order valence-corrected chi connectivity index (χ1v) is 6.23. The van der Waals surface area contributed by atoms with Crippen LogP contribution >= 0.6 is 0 Å². The highest BCUT2D eigenvalue weighted by Crippen LogP contribution is 2.27. The Hall–Kier alpha value is -2.22. The highest BCUT2D eigenvalue weighted by molar-refractivity contribution is 5.88. The monoisotopic (exact) mass is 254 g/mol. The zero-order valence-electron chi connectivity index (χ0n) is 11.5. The highest BCUT2D eigenvalue weighted by Gasteiger charge is 2.04. The average molecular weight is 254 g/mol. The number of benzene rings is 2. The number of hydrogen-bond donors (Lipinski definition) is 1. The third-order valence-corrected chi connectivity index (χ3v) is 3.39. The maximum absolute atomic E-state index is 9.32. The Morgan fingerprint density at radius 3 is 1.63 bits per heavy atom. The Kier molecular flexibility index (Phi) is 3.91. The van der Waals surface area contributed by atoms with Crippen molar-refractivity contribution in [3.63, 3.8) is 0 Å². The fraction of sp³-hybridized carbons (Fsp3) is 0.176. The molecular weight excluding hydrogens is 236 g/mol. The Balaban J connectivity index is 2.36. The molecule has 0 unspecified atom stereocenters. The molecule has 98 valence electrons. The van der Waals surface area contributed by atoms with Crippen LogP contribution in [0, 0.1) is 0 Å². The van der Waals surface area contributed by atoms with Crippen molar-refractivity contribution in [3.05, 3.63) is 59.7 Å². The van der Waals surface area contributed by atoms with Crippen molar-refractivity contribution in [2.24, 2.45) is 0 Å². The predicted molar refractivity (Wildman–Crippen MR) is 79.3 cm³/mol. The zero-order valence-corrected chi connectivity index (χ0v) is 11.5. The van der Waals surface area contributed by atoms with Gasteiger partial charge in [-0.2, -0.15) is 0 Å². The van der Waals surface area contributed by atoms with Gasteiger partial charge in [0.25, 0.3) is 0 Å². The second-order valence-corrected chi connectivity index (χ2v) is 4.53. The molecule has 0 atom stereocenters. The molecule has 0 saturated heterocycles. The summed E-state index contributed by atoms with van der Waals surface area (Å²) in [7, 11) is 1.67. The fourth-order valence-corrected chi connectivity index (χ4v) is 1.99. The van der Waals surface area contributed by atoms with E-state index in [0.717, 1.165) is 11.3 Å². The van der Waals surface area contributed by atoms with Crippen molar-refractivity contribution in [2.45, 2.75) is 13.8 Å². The third-order valence-electron chi connectivity index (χ3n) is 3.39. The van der Waals surface area contributed by atoms with Crippen LogP contribution in [-0.2, 0) is 0 Å². The van der Waals surface area contributed by atoms with E-state index in [4.69, 9.17) is 4.74 Å². The number of phenols is 1. The smallest absolute Gasteiger partial charge is 0.118 e. The van der Waals surface area contributed by atoms with E-state index >= 15 is 0 Å². The topological polar surface area (TPSA) is 29.5 Å². The lowest BCUT2D eigenvalue weighted by Gasteiger charge is -2.09. The van der Waals surface area contributed by atoms with Crippen molar-refractivity contribution in [1.29, 1.82) is 0 Å². The van der Waals surface area contributed by atoms with Crippen molar-refractivity contribution in [2.75, 3.05) is 7.11 Å². The number of methoxy groups -OCH3 is 1. The number of phenolic OH excluding ortho intramolecular Hbond substituents is 1. The van der Waals surface area contributed by atoms with E-state index in [0.29, 0.717) is 5.75 Å². The summed E-state index contributed by atoms with van der Waals surface area (Å²) in [5.74, 6) is 1.15. The summed E-state index contributed by atoms with van der Waals surface area (Å²) >= 11 is 0. The van der Waals surface area contributed by atoms with E-state index < -0.39 is 0 Å². The molecule has 0 aromatic heterocycles. The van der Waals surface area contributed by atoms with Gasteiger partial charge in [-0.3, -0.25) is 0 Å². The standard InChI is InChI=1S/C17H18O2/c1-12(14-4-8-16(18)9-5-14)13(2)15-6-10-17(19-3)11-7-15/h4-11,18H,1-3H3/b13-12+. The number of aromatic hydroxyl groups is 1. The number of allylic oxidation sites excluding steroid dienone is 2. The van der Waals surface area contributed by atoms with Crippen LogP contribution in [0.25, 0.3) is 11.1 Å². The average Bonchev–Trinajstić information content (AvgIpc) is 2.46. The van der Waals surface area contributed by atoms with E-state index in [1.54, 1.807) is 19.2 Å². The minimum Gasteiger partial charge on any atom is -0.508 e. The van der Waals surface area contributed by atoms with Crippen molar-refractivity contribution >= 4 is 11.1 Å². The van der Waals surface area contributed by atoms with Gasteiger partial charge < -0.3 is 9.84 Å². The van der Waals surface area contributed by atoms with Gasteiger partial charge in [-0.1, -0.05) is 24.3 Å². The number of ether oxygens (including phenoxy) is 1. The van der Waals surface area contributed by atoms with Gasteiger partial charge in [0, 0.05) is 0 Å². The van der Waals surface area contributed by atoms with Gasteiger partial charge in [-0.25, -0.2) is 0 Å². The lowest BCUT2D eigenvalue weighted by Crippen LogP contribution is -1.87. The molecule has 0 bridgehead atoms. The molecule has 0 saturated carbocycles. The van der Waals surface area contributed by atoms with Crippen molar-refractivity contribution < 1.29 is 9.84 Å². The summed E-state index contributed by atoms with van der Waals surface area (Å²) in [6.45, 7) is 4.19. The summed E-state index contributed by atoms with van der Waals surface area (Å²) in [5, 5.41) is 9.32. The SMILES string of the molecule is COc1ccc(/C(C)=C(\C)c2ccc(O)cc2)cc1. The molecule has 0 radical (unpaired) electrons. The van der Waals surface area contributed by atoms with Crippen LogP contribution in [0.1, 0.15) is 25.0 Å². The molecule has 2 aromatic rings. The molecule has 2 nitrogen and oxygen atoms in total. The summed E-state index contributed by atoms with van der Waals surface area (Å²) < 4.78 is 5.16. The molecule has 19 heavy (non-hydrogen) atoms. The van der Waals surface area contributed by atoms with Crippen LogP contribution in [0.3, 0.4) is 0 Å². The lowest BCUT2D eigenvalue weighted by atomic mass is 9.97. The Labute approximate surface area is 114 Å². The fourth-order valence-electron chi connectivity index (χ4n) is 1.99. The number of hydrogen-bond acceptors (Lipinski definition) is 2. The Morgan fingerprint density at radius 2 is 1.21 bits per heavy atom. The molecule has 2 heteroatoms. The maximum atomic E-state index is 9.32. The molecule has 2 aromatic carbocycles. The van der Waals surface area contributed by atoms with Crippen LogP contribution in [0.4, 0.5) is 0 Å². The first-order valence-electron chi connectivity index (χ1n) is 6.23. The minimum atomic E-state index is 0.290. The van der Waals surface area contributed by atoms with E-state index in [9.17, 15) is 5.11 Å². The second-order valence-electron chi connectivity index (χ2n) is 4.53. The predicted octanol–water partition coefficient (Wildman–Crippen LogP) is 4.35. The molecule has 0 spiro atoms. The van der Waals surface area contributed by atoms with Crippen LogP contribution in [-0.4, -0.2) is 12.2 Å². The van der Waals surface area contributed by atoms with Crippen LogP contribution in [0.5, 0.6) is 11.5 Å². The number of rotatable bonds is 3. The zero-order chi connectivity index (χ0) is 13.8. The largest absolute Gasteiger partial charge is 0.508 e. The van der Waals surface area contributed by atoms with Gasteiger partial charge >= 0.3 is 0 Å². The van der Waals surface area contributed by atoms with Gasteiger partial charge in [0.05, 0.1) is 7.11 Å². The molecule has 0 aliphatic heterocycles. The van der Waals surface area contributed by atoms with E-state index in [1.165, 1.54) is 16.7 Å². The van der Waals surface area contributed by atoms with Crippen LogP contribution < -0.4 is 4.74 Å². The minimum absolute atomic E-state index is 0.290. The summed E-state index contributed by atoms with van der Waals surface area (Å²) in [6, 6.07) is 15.3. The first kappa shape index (κ1) is 13.2. The first-order chi connectivity index (χ1) is 9.11. The quantitative estimate of drug-likeness (QED) is 0.825. The molecule has 0 heterocycles. The molecular formula is C17H18O2. The molecule has 0 aliphatic carbocycles. The molecule has 0 aliphatic rings. The van der Waals surface area contributed by atoms with Gasteiger partial charge in [0.1, 0.15) is 11.5 Å². The normalized spacial score (nSPS) is 11.9. The van der Waals surface area contributed by atoms with Crippen molar-refractivity contribution in [1.82, 2.24) is 0 Å².